The van der Waals surface area contributed by atoms with Gasteiger partial charge in [-0.1, -0.05) is 24.3 Å². The van der Waals surface area contributed by atoms with Crippen molar-refractivity contribution in [1.29, 1.82) is 0 Å². The van der Waals surface area contributed by atoms with Crippen molar-refractivity contribution in [3.8, 4) is 11.5 Å². The Balaban J connectivity index is 1.41. The van der Waals surface area contributed by atoms with Gasteiger partial charge in [-0.25, -0.2) is 0 Å². The van der Waals surface area contributed by atoms with Gasteiger partial charge in [0, 0.05) is 30.5 Å². The highest BCUT2D eigenvalue weighted by molar-refractivity contribution is 5.92. The standard InChI is InChI=1S/C23H30N4O2/c24-22(25-18-23(11-15-28-16-12-23)27-13-4-5-14-27)26-19-7-6-10-21(17-19)29-20-8-2-1-3-9-20/h1-3,6-10,17H,4-5,11-16,18H2,(H3,24,25,26). The first-order valence-corrected chi connectivity index (χ1v) is 10.5. The van der Waals surface area contributed by atoms with Gasteiger partial charge in [0.2, 0.25) is 0 Å². The number of nitrogens with one attached hydrogen (secondary N) is 1. The molecule has 0 atom stereocenters. The van der Waals surface area contributed by atoms with Crippen molar-refractivity contribution in [2.45, 2.75) is 31.2 Å². The molecule has 0 radical (unpaired) electrons. The molecule has 154 valence electrons. The number of nitrogens with zero attached hydrogens (tertiary/aromatic N) is 2. The summed E-state index contributed by atoms with van der Waals surface area (Å²) in [6, 6.07) is 17.5. The molecule has 2 saturated heterocycles. The van der Waals surface area contributed by atoms with E-state index in [9.17, 15) is 0 Å². The Morgan fingerprint density at radius 2 is 1.76 bits per heavy atom. The SMILES string of the molecule is NC(=NCC1(N2CCCC2)CCOCC1)Nc1cccc(Oc2ccccc2)c1. The summed E-state index contributed by atoms with van der Waals surface area (Å²) in [5.41, 5.74) is 7.18. The van der Waals surface area contributed by atoms with Gasteiger partial charge in [-0.2, -0.15) is 0 Å². The number of aliphatic imine (C=N–C) groups is 1. The normalized spacial score (nSPS) is 19.8. The molecule has 0 aromatic heterocycles. The summed E-state index contributed by atoms with van der Waals surface area (Å²) in [6.07, 6.45) is 4.58. The maximum Gasteiger partial charge on any atom is 0.193 e. The predicted octanol–water partition coefficient (Wildman–Crippen LogP) is 3.85. The zero-order chi connectivity index (χ0) is 19.9. The molecule has 0 bridgehead atoms. The Morgan fingerprint density at radius 3 is 2.52 bits per heavy atom. The Bertz CT molecular complexity index is 813. The van der Waals surface area contributed by atoms with E-state index < -0.39 is 0 Å². The number of anilines is 1. The summed E-state index contributed by atoms with van der Waals surface area (Å²) in [4.78, 5) is 7.32. The van der Waals surface area contributed by atoms with Crippen LogP contribution in [-0.2, 0) is 4.74 Å². The Kier molecular flexibility index (Phi) is 6.32. The number of nitrogens with two attached hydrogens (primary N) is 1. The summed E-state index contributed by atoms with van der Waals surface area (Å²) in [5.74, 6) is 2.00. The van der Waals surface area contributed by atoms with Gasteiger partial charge < -0.3 is 20.5 Å². The summed E-state index contributed by atoms with van der Waals surface area (Å²) in [5, 5.41) is 3.21. The van der Waals surface area contributed by atoms with E-state index >= 15 is 0 Å². The smallest absolute Gasteiger partial charge is 0.193 e. The third-order valence-corrected chi connectivity index (χ3v) is 5.83. The molecule has 2 aromatic rings. The minimum atomic E-state index is 0.0827. The van der Waals surface area contributed by atoms with E-state index in [0.29, 0.717) is 12.5 Å². The molecule has 4 rings (SSSR count). The van der Waals surface area contributed by atoms with Gasteiger partial charge in [0.15, 0.2) is 5.96 Å². The fourth-order valence-corrected chi connectivity index (χ4v) is 4.20. The van der Waals surface area contributed by atoms with Crippen molar-refractivity contribution in [3.05, 3.63) is 54.6 Å². The van der Waals surface area contributed by atoms with E-state index in [-0.39, 0.29) is 5.54 Å². The van der Waals surface area contributed by atoms with E-state index in [0.717, 1.165) is 56.3 Å². The van der Waals surface area contributed by atoms with Gasteiger partial charge in [-0.05, 0) is 63.0 Å². The molecule has 3 N–H and O–H groups in total. The number of ether oxygens (including phenoxy) is 2. The lowest BCUT2D eigenvalue weighted by Crippen LogP contribution is -2.53. The minimum Gasteiger partial charge on any atom is -0.457 e. The molecule has 2 aliphatic heterocycles. The fraction of sp³-hybridized carbons (Fsp3) is 0.435. The second kappa shape index (κ2) is 9.29. The highest BCUT2D eigenvalue weighted by Crippen LogP contribution is 2.31. The zero-order valence-electron chi connectivity index (χ0n) is 16.8. The van der Waals surface area contributed by atoms with E-state index in [1.165, 1.54) is 12.8 Å². The Hall–Kier alpha value is -2.57. The molecule has 2 heterocycles. The summed E-state index contributed by atoms with van der Waals surface area (Å²) < 4.78 is 11.5. The van der Waals surface area contributed by atoms with Crippen LogP contribution in [-0.4, -0.2) is 49.2 Å². The van der Waals surface area contributed by atoms with Crippen LogP contribution in [0, 0.1) is 0 Å². The van der Waals surface area contributed by atoms with E-state index in [2.05, 4.69) is 10.2 Å². The third kappa shape index (κ3) is 5.08. The molecular weight excluding hydrogens is 364 g/mol. The molecule has 2 aromatic carbocycles. The van der Waals surface area contributed by atoms with Crippen LogP contribution in [0.2, 0.25) is 0 Å². The number of guanidine groups is 1. The van der Waals surface area contributed by atoms with Crippen molar-refractivity contribution < 1.29 is 9.47 Å². The first-order chi connectivity index (χ1) is 14.2. The van der Waals surface area contributed by atoms with E-state index in [1.54, 1.807) is 0 Å². The van der Waals surface area contributed by atoms with Crippen LogP contribution >= 0.6 is 0 Å². The molecule has 2 aliphatic rings. The second-order valence-electron chi connectivity index (χ2n) is 7.80. The summed E-state index contributed by atoms with van der Waals surface area (Å²) >= 11 is 0. The monoisotopic (exact) mass is 394 g/mol. The van der Waals surface area contributed by atoms with Crippen molar-refractivity contribution >= 4 is 11.6 Å². The van der Waals surface area contributed by atoms with Gasteiger partial charge in [-0.3, -0.25) is 9.89 Å². The third-order valence-electron chi connectivity index (χ3n) is 5.83. The average Bonchev–Trinajstić information content (AvgIpc) is 3.30. The highest BCUT2D eigenvalue weighted by Gasteiger charge is 2.39. The van der Waals surface area contributed by atoms with Crippen LogP contribution in [0.1, 0.15) is 25.7 Å². The maximum absolute atomic E-state index is 6.23. The van der Waals surface area contributed by atoms with Crippen LogP contribution in [0.5, 0.6) is 11.5 Å². The van der Waals surface area contributed by atoms with Gasteiger partial charge in [0.25, 0.3) is 0 Å². The fourth-order valence-electron chi connectivity index (χ4n) is 4.20. The highest BCUT2D eigenvalue weighted by atomic mass is 16.5. The number of benzene rings is 2. The quantitative estimate of drug-likeness (QED) is 0.575. The van der Waals surface area contributed by atoms with Gasteiger partial charge in [0.05, 0.1) is 6.54 Å². The Morgan fingerprint density at radius 1 is 1.03 bits per heavy atom. The molecular formula is C23H30N4O2. The van der Waals surface area contributed by atoms with Crippen molar-refractivity contribution in [3.63, 3.8) is 0 Å². The number of rotatable bonds is 6. The Labute approximate surface area is 172 Å². The maximum atomic E-state index is 6.23. The van der Waals surface area contributed by atoms with Gasteiger partial charge >= 0.3 is 0 Å². The van der Waals surface area contributed by atoms with Crippen LogP contribution in [0.25, 0.3) is 0 Å². The van der Waals surface area contributed by atoms with Crippen LogP contribution in [0.4, 0.5) is 5.69 Å². The molecule has 29 heavy (non-hydrogen) atoms. The molecule has 0 amide bonds. The van der Waals surface area contributed by atoms with E-state index in [4.69, 9.17) is 20.2 Å². The van der Waals surface area contributed by atoms with Crippen LogP contribution in [0.3, 0.4) is 0 Å². The number of hydrogen-bond acceptors (Lipinski definition) is 4. The van der Waals surface area contributed by atoms with Gasteiger partial charge in [-0.15, -0.1) is 0 Å². The van der Waals surface area contributed by atoms with Crippen LogP contribution < -0.4 is 15.8 Å². The number of hydrogen-bond donors (Lipinski definition) is 2. The number of likely N-dealkylation sites (tertiary alicyclic amines) is 1. The molecule has 6 heteroatoms. The average molecular weight is 395 g/mol. The molecule has 0 saturated carbocycles. The van der Waals surface area contributed by atoms with Crippen molar-refractivity contribution in [2.24, 2.45) is 10.7 Å². The van der Waals surface area contributed by atoms with Crippen LogP contribution in [0.15, 0.2) is 59.6 Å². The first kappa shape index (κ1) is 19.7. The molecule has 0 aliphatic carbocycles. The van der Waals surface area contributed by atoms with E-state index in [1.807, 2.05) is 54.6 Å². The summed E-state index contributed by atoms with van der Waals surface area (Å²) in [7, 11) is 0. The molecule has 2 fully saturated rings. The largest absolute Gasteiger partial charge is 0.457 e. The second-order valence-corrected chi connectivity index (χ2v) is 7.80. The van der Waals surface area contributed by atoms with Gasteiger partial charge in [0.1, 0.15) is 11.5 Å². The minimum absolute atomic E-state index is 0.0827. The lowest BCUT2D eigenvalue weighted by Gasteiger charge is -2.43. The van der Waals surface area contributed by atoms with Crippen molar-refractivity contribution in [2.75, 3.05) is 38.2 Å². The summed E-state index contributed by atoms with van der Waals surface area (Å²) in [6.45, 7) is 4.62. The van der Waals surface area contributed by atoms with Crippen molar-refractivity contribution in [1.82, 2.24) is 4.90 Å². The lowest BCUT2D eigenvalue weighted by atomic mass is 9.88. The topological polar surface area (TPSA) is 72.1 Å². The first-order valence-electron chi connectivity index (χ1n) is 10.5. The lowest BCUT2D eigenvalue weighted by molar-refractivity contribution is -0.0138. The molecule has 0 unspecified atom stereocenters. The zero-order valence-corrected chi connectivity index (χ0v) is 16.8. The predicted molar refractivity (Wildman–Crippen MR) is 117 cm³/mol. The molecule has 6 nitrogen and oxygen atoms in total. The molecule has 0 spiro atoms. The number of para-hydroxylation sites is 1.